The van der Waals surface area contributed by atoms with E-state index in [-0.39, 0.29) is 18.0 Å². The average molecular weight is 165 g/mol. The van der Waals surface area contributed by atoms with Gasteiger partial charge in [0.05, 0.1) is 0 Å². The van der Waals surface area contributed by atoms with Crippen LogP contribution < -0.4 is 5.73 Å². The molecule has 0 saturated carbocycles. The van der Waals surface area contributed by atoms with E-state index in [1.807, 2.05) is 0 Å². The summed E-state index contributed by atoms with van der Waals surface area (Å²) in [5.74, 6) is 0.111. The van der Waals surface area contributed by atoms with Gasteiger partial charge in [-0.1, -0.05) is 6.07 Å². The minimum atomic E-state index is 0.0232. The normalized spacial score (nSPS) is 9.75. The van der Waals surface area contributed by atoms with Crippen LogP contribution in [0.5, 0.6) is 5.75 Å². The van der Waals surface area contributed by atoms with Crippen molar-refractivity contribution < 1.29 is 9.90 Å². The smallest absolute Gasteiger partial charge is 0.134 e. The second kappa shape index (κ2) is 3.26. The van der Waals surface area contributed by atoms with Gasteiger partial charge in [0, 0.05) is 23.7 Å². The molecule has 0 radical (unpaired) electrons. The van der Waals surface area contributed by atoms with Crippen molar-refractivity contribution in [2.45, 2.75) is 13.3 Å². The number of aromatic hydroxyl groups is 1. The largest absolute Gasteiger partial charge is 0.508 e. The molecule has 3 heteroatoms. The van der Waals surface area contributed by atoms with Crippen LogP contribution in [-0.2, 0) is 11.2 Å². The first-order valence-corrected chi connectivity index (χ1v) is 3.66. The number of nitrogens with two attached hydrogens (primary N) is 1. The van der Waals surface area contributed by atoms with Crippen LogP contribution in [0, 0.1) is 0 Å². The number of hydrogen-bond donors (Lipinski definition) is 2. The summed E-state index contributed by atoms with van der Waals surface area (Å²) >= 11 is 0. The Balaban J connectivity index is 2.93. The lowest BCUT2D eigenvalue weighted by Crippen LogP contribution is -1.97. The van der Waals surface area contributed by atoms with Crippen LogP contribution in [0.25, 0.3) is 0 Å². The van der Waals surface area contributed by atoms with E-state index in [2.05, 4.69) is 0 Å². The van der Waals surface area contributed by atoms with Gasteiger partial charge in [-0.15, -0.1) is 0 Å². The molecule has 0 atom stereocenters. The van der Waals surface area contributed by atoms with E-state index >= 15 is 0 Å². The molecule has 0 saturated heterocycles. The summed E-state index contributed by atoms with van der Waals surface area (Å²) < 4.78 is 0. The first-order valence-electron chi connectivity index (χ1n) is 3.66. The Bertz CT molecular complexity index is 307. The van der Waals surface area contributed by atoms with Crippen molar-refractivity contribution in [2.75, 3.05) is 5.73 Å². The summed E-state index contributed by atoms with van der Waals surface area (Å²) in [6.07, 6.45) is 0.256. The van der Waals surface area contributed by atoms with Crippen LogP contribution in [0.1, 0.15) is 12.5 Å². The van der Waals surface area contributed by atoms with Crippen molar-refractivity contribution in [3.63, 3.8) is 0 Å². The molecule has 1 aromatic rings. The second-order valence-corrected chi connectivity index (χ2v) is 2.77. The number of hydrogen-bond acceptors (Lipinski definition) is 3. The molecule has 1 rings (SSSR count). The number of ketones is 1. The topological polar surface area (TPSA) is 63.3 Å². The molecule has 0 aliphatic heterocycles. The number of carbonyl (C=O) groups is 1. The van der Waals surface area contributed by atoms with Crippen molar-refractivity contribution in [1.82, 2.24) is 0 Å². The van der Waals surface area contributed by atoms with Crippen LogP contribution >= 0.6 is 0 Å². The van der Waals surface area contributed by atoms with E-state index in [0.717, 1.165) is 0 Å². The highest BCUT2D eigenvalue weighted by Crippen LogP contribution is 2.20. The summed E-state index contributed by atoms with van der Waals surface area (Å²) in [7, 11) is 0. The summed E-state index contributed by atoms with van der Waals surface area (Å²) in [6, 6.07) is 4.77. The minimum absolute atomic E-state index is 0.0232. The van der Waals surface area contributed by atoms with E-state index in [4.69, 9.17) is 5.73 Å². The number of phenolic OH excluding ortho intramolecular Hbond substituents is 1. The first-order chi connectivity index (χ1) is 5.59. The van der Waals surface area contributed by atoms with Gasteiger partial charge in [0.15, 0.2) is 0 Å². The highest BCUT2D eigenvalue weighted by atomic mass is 16.3. The van der Waals surface area contributed by atoms with E-state index in [9.17, 15) is 9.90 Å². The van der Waals surface area contributed by atoms with Crippen LogP contribution in [0.15, 0.2) is 18.2 Å². The maximum atomic E-state index is 10.7. The third-order valence-electron chi connectivity index (χ3n) is 1.55. The Morgan fingerprint density at radius 1 is 1.58 bits per heavy atom. The van der Waals surface area contributed by atoms with Crippen LogP contribution in [-0.4, -0.2) is 10.9 Å². The number of phenols is 1. The van der Waals surface area contributed by atoms with E-state index < -0.39 is 0 Å². The molecule has 0 bridgehead atoms. The molecule has 3 nitrogen and oxygen atoms in total. The molecule has 0 aliphatic carbocycles. The number of rotatable bonds is 2. The van der Waals surface area contributed by atoms with Gasteiger partial charge in [0.1, 0.15) is 11.5 Å². The third kappa shape index (κ3) is 1.99. The molecule has 64 valence electrons. The number of Topliss-reactive ketones (excluding diaryl/α,β-unsaturated/α-hetero) is 1. The van der Waals surface area contributed by atoms with E-state index in [0.29, 0.717) is 11.3 Å². The number of carbonyl (C=O) groups excluding carboxylic acids is 1. The number of nitrogen functional groups attached to an aromatic ring is 1. The predicted molar refractivity (Wildman–Crippen MR) is 46.9 cm³/mol. The Kier molecular flexibility index (Phi) is 2.33. The van der Waals surface area contributed by atoms with Crippen molar-refractivity contribution in [3.05, 3.63) is 23.8 Å². The van der Waals surface area contributed by atoms with Gasteiger partial charge in [0.2, 0.25) is 0 Å². The Morgan fingerprint density at radius 2 is 2.25 bits per heavy atom. The van der Waals surface area contributed by atoms with Crippen LogP contribution in [0.4, 0.5) is 5.69 Å². The molecule has 0 amide bonds. The molecule has 12 heavy (non-hydrogen) atoms. The Hall–Kier alpha value is -1.51. The van der Waals surface area contributed by atoms with Gasteiger partial charge in [-0.3, -0.25) is 4.79 Å². The Labute approximate surface area is 70.8 Å². The van der Waals surface area contributed by atoms with Gasteiger partial charge in [-0.25, -0.2) is 0 Å². The van der Waals surface area contributed by atoms with Gasteiger partial charge in [0.25, 0.3) is 0 Å². The number of benzene rings is 1. The standard InChI is InChI=1S/C9H11NO2/c1-6(11)4-7-2-3-8(10)5-9(7)12/h2-3,5,12H,4,10H2,1H3. The minimum Gasteiger partial charge on any atom is -0.508 e. The zero-order valence-corrected chi connectivity index (χ0v) is 6.87. The lowest BCUT2D eigenvalue weighted by atomic mass is 10.1. The number of anilines is 1. The van der Waals surface area contributed by atoms with Crippen molar-refractivity contribution in [3.8, 4) is 5.75 Å². The summed E-state index contributed by atoms with van der Waals surface area (Å²) in [4.78, 5) is 10.7. The molecule has 0 aromatic heterocycles. The van der Waals surface area contributed by atoms with Gasteiger partial charge in [-0.2, -0.15) is 0 Å². The Morgan fingerprint density at radius 3 is 2.75 bits per heavy atom. The van der Waals surface area contributed by atoms with Crippen LogP contribution in [0.3, 0.4) is 0 Å². The molecule has 3 N–H and O–H groups in total. The summed E-state index contributed by atoms with van der Waals surface area (Å²) in [6.45, 7) is 1.48. The van der Waals surface area contributed by atoms with Crippen molar-refractivity contribution >= 4 is 11.5 Å². The first kappa shape index (κ1) is 8.59. The zero-order chi connectivity index (χ0) is 9.14. The summed E-state index contributed by atoms with van der Waals surface area (Å²) in [5, 5.41) is 9.31. The van der Waals surface area contributed by atoms with Crippen molar-refractivity contribution in [1.29, 1.82) is 0 Å². The predicted octanol–water partition coefficient (Wildman–Crippen LogP) is 1.11. The lowest BCUT2D eigenvalue weighted by Gasteiger charge is -2.02. The zero-order valence-electron chi connectivity index (χ0n) is 6.87. The van der Waals surface area contributed by atoms with Gasteiger partial charge in [-0.05, 0) is 13.0 Å². The molecule has 0 unspecified atom stereocenters. The fourth-order valence-electron chi connectivity index (χ4n) is 0.999. The molecule has 1 aromatic carbocycles. The van der Waals surface area contributed by atoms with Gasteiger partial charge < -0.3 is 10.8 Å². The SMILES string of the molecule is CC(=O)Cc1ccc(N)cc1O. The third-order valence-corrected chi connectivity index (χ3v) is 1.55. The second-order valence-electron chi connectivity index (χ2n) is 2.77. The maximum absolute atomic E-state index is 10.7. The molecule has 0 spiro atoms. The lowest BCUT2D eigenvalue weighted by molar-refractivity contribution is -0.116. The maximum Gasteiger partial charge on any atom is 0.134 e. The molecule has 0 fully saturated rings. The van der Waals surface area contributed by atoms with Crippen LogP contribution in [0.2, 0.25) is 0 Å². The average Bonchev–Trinajstić information content (AvgIpc) is 1.94. The molecule has 0 heterocycles. The van der Waals surface area contributed by atoms with E-state index in [1.54, 1.807) is 12.1 Å². The van der Waals surface area contributed by atoms with Crippen molar-refractivity contribution in [2.24, 2.45) is 0 Å². The monoisotopic (exact) mass is 165 g/mol. The fraction of sp³-hybridized carbons (Fsp3) is 0.222. The molecular formula is C9H11NO2. The molecular weight excluding hydrogens is 154 g/mol. The highest BCUT2D eigenvalue weighted by Gasteiger charge is 2.03. The van der Waals surface area contributed by atoms with Gasteiger partial charge >= 0.3 is 0 Å². The quantitative estimate of drug-likeness (QED) is 0.645. The summed E-state index contributed by atoms with van der Waals surface area (Å²) in [5.41, 5.74) is 6.54. The fourth-order valence-corrected chi connectivity index (χ4v) is 0.999. The molecule has 0 aliphatic rings. The van der Waals surface area contributed by atoms with E-state index in [1.165, 1.54) is 13.0 Å². The highest BCUT2D eigenvalue weighted by molar-refractivity contribution is 5.79.